The maximum Gasteiger partial charge on any atom is 0.412 e. The molecule has 8 nitrogen and oxygen atoms in total. The third kappa shape index (κ3) is 4.52. The number of hydrogen-bond acceptors (Lipinski definition) is 3. The number of benzene rings is 3. The molecule has 0 radical (unpaired) electrons. The smallest absolute Gasteiger partial charge is 0.412 e. The predicted octanol–water partition coefficient (Wildman–Crippen LogP) is 6.32. The number of nitrogens with one attached hydrogen (secondary N) is 1. The van der Waals surface area contributed by atoms with Crippen molar-refractivity contribution in [2.45, 2.75) is 31.8 Å². The van der Waals surface area contributed by atoms with Gasteiger partial charge in [0.05, 0.1) is 29.9 Å². The van der Waals surface area contributed by atoms with E-state index in [2.05, 4.69) is 27.0 Å². The molecule has 3 heterocycles. The number of urea groups is 1. The van der Waals surface area contributed by atoms with E-state index in [9.17, 15) is 14.7 Å². The summed E-state index contributed by atoms with van der Waals surface area (Å²) in [6, 6.07) is 24.9. The molecule has 0 saturated carbocycles. The first-order valence-electron chi connectivity index (χ1n) is 13.4. The van der Waals surface area contributed by atoms with Crippen LogP contribution in [-0.2, 0) is 0 Å². The van der Waals surface area contributed by atoms with Crippen molar-refractivity contribution < 1.29 is 14.7 Å². The Bertz CT molecular complexity index is 1490. The van der Waals surface area contributed by atoms with Gasteiger partial charge in [0.2, 0.25) is 0 Å². The van der Waals surface area contributed by atoms with Gasteiger partial charge in [-0.15, -0.1) is 0 Å². The molecule has 198 valence electrons. The normalized spacial score (nSPS) is 17.3. The molecule has 1 aromatic heterocycles. The van der Waals surface area contributed by atoms with Crippen LogP contribution in [0, 0.1) is 5.92 Å². The zero-order chi connectivity index (χ0) is 26.9. The molecule has 2 aliphatic heterocycles. The van der Waals surface area contributed by atoms with Crippen molar-refractivity contribution in [2.24, 2.45) is 5.92 Å². The van der Waals surface area contributed by atoms with Gasteiger partial charge in [-0.1, -0.05) is 60.7 Å². The molecule has 2 aliphatic rings. The van der Waals surface area contributed by atoms with Crippen molar-refractivity contribution >= 4 is 23.5 Å². The second kappa shape index (κ2) is 10.3. The van der Waals surface area contributed by atoms with E-state index in [-0.39, 0.29) is 24.0 Å². The van der Waals surface area contributed by atoms with E-state index in [1.807, 2.05) is 91.1 Å². The third-order valence-corrected chi connectivity index (χ3v) is 8.11. The lowest BCUT2D eigenvalue weighted by atomic mass is 9.88. The van der Waals surface area contributed by atoms with Crippen LogP contribution in [0.2, 0.25) is 0 Å². The van der Waals surface area contributed by atoms with E-state index < -0.39 is 6.09 Å². The van der Waals surface area contributed by atoms with Crippen molar-refractivity contribution in [3.63, 3.8) is 0 Å². The van der Waals surface area contributed by atoms with Crippen molar-refractivity contribution in [1.29, 1.82) is 0 Å². The van der Waals surface area contributed by atoms with E-state index in [4.69, 9.17) is 0 Å². The van der Waals surface area contributed by atoms with Crippen LogP contribution in [-0.4, -0.2) is 50.8 Å². The van der Waals surface area contributed by atoms with Crippen LogP contribution in [0.15, 0.2) is 91.4 Å². The molecule has 2 N–H and O–H groups in total. The summed E-state index contributed by atoms with van der Waals surface area (Å²) >= 11 is 0. The average molecular weight is 522 g/mol. The minimum atomic E-state index is -0.976. The lowest BCUT2D eigenvalue weighted by molar-refractivity contribution is 0.167. The van der Waals surface area contributed by atoms with Gasteiger partial charge in [-0.05, 0) is 49.4 Å². The van der Waals surface area contributed by atoms with E-state index in [0.29, 0.717) is 18.8 Å². The molecule has 4 aromatic rings. The minimum Gasteiger partial charge on any atom is -0.465 e. The second-order valence-corrected chi connectivity index (χ2v) is 10.2. The Kier molecular flexibility index (Phi) is 6.52. The standard InChI is InChI=1S/C31H31N5O3/c1-21(22-15-17-34(18-16-22)30(37)33-23-9-3-2-4-10-23)36(31(38)39)27-14-8-7-13-26(27)29-25-12-6-5-11-24(25)28-19-32-20-35(28)29/h2-14,19-22,29H,15-18H2,1H3,(H,33,37)(H,38,39). The van der Waals surface area contributed by atoms with Gasteiger partial charge in [-0.3, -0.25) is 4.90 Å². The Morgan fingerprint density at radius 3 is 2.36 bits per heavy atom. The Hall–Kier alpha value is -4.59. The molecular formula is C31H31N5O3. The number of fused-ring (bicyclic) bond motifs is 3. The van der Waals surface area contributed by atoms with Gasteiger partial charge >= 0.3 is 12.1 Å². The van der Waals surface area contributed by atoms with Crippen LogP contribution in [0.3, 0.4) is 0 Å². The molecule has 39 heavy (non-hydrogen) atoms. The molecule has 0 spiro atoms. The number of nitrogens with zero attached hydrogens (tertiary/aromatic N) is 4. The quantitative estimate of drug-likeness (QED) is 0.283. The molecule has 2 unspecified atom stereocenters. The number of hydrogen-bond donors (Lipinski definition) is 2. The summed E-state index contributed by atoms with van der Waals surface area (Å²) in [6.07, 6.45) is 4.17. The summed E-state index contributed by atoms with van der Waals surface area (Å²) in [4.78, 5) is 33.3. The third-order valence-electron chi connectivity index (χ3n) is 8.11. The summed E-state index contributed by atoms with van der Waals surface area (Å²) in [5, 5.41) is 13.4. The van der Waals surface area contributed by atoms with Gasteiger partial charge in [-0.2, -0.15) is 0 Å². The number of piperidine rings is 1. The summed E-state index contributed by atoms with van der Waals surface area (Å²) in [5.74, 6) is 0.120. The zero-order valence-electron chi connectivity index (χ0n) is 21.8. The number of carbonyl (C=O) groups excluding carboxylic acids is 1. The van der Waals surface area contributed by atoms with Crippen LogP contribution >= 0.6 is 0 Å². The summed E-state index contributed by atoms with van der Waals surface area (Å²) in [7, 11) is 0. The van der Waals surface area contributed by atoms with Crippen molar-refractivity contribution in [1.82, 2.24) is 14.5 Å². The number of imidazole rings is 1. The lowest BCUT2D eigenvalue weighted by Crippen LogP contribution is -2.48. The van der Waals surface area contributed by atoms with Crippen LogP contribution in [0.4, 0.5) is 21.0 Å². The van der Waals surface area contributed by atoms with Gasteiger partial charge in [-0.25, -0.2) is 14.6 Å². The van der Waals surface area contributed by atoms with Crippen LogP contribution in [0.5, 0.6) is 0 Å². The molecule has 6 rings (SSSR count). The number of anilines is 2. The molecule has 1 saturated heterocycles. The SMILES string of the molecule is CC(C1CCN(C(=O)Nc2ccccc2)CC1)N(C(=O)O)c1ccccc1C1c2ccccc2-c2cncn21. The molecule has 0 aliphatic carbocycles. The van der Waals surface area contributed by atoms with Crippen molar-refractivity contribution in [3.05, 3.63) is 103 Å². The lowest BCUT2D eigenvalue weighted by Gasteiger charge is -2.39. The Labute approximate surface area is 227 Å². The molecule has 1 fully saturated rings. The number of carbonyl (C=O) groups is 2. The highest BCUT2D eigenvalue weighted by molar-refractivity contribution is 5.90. The first-order valence-corrected chi connectivity index (χ1v) is 13.4. The van der Waals surface area contributed by atoms with Gasteiger partial charge in [0.15, 0.2) is 0 Å². The monoisotopic (exact) mass is 521 g/mol. The number of likely N-dealkylation sites (tertiary alicyclic amines) is 1. The van der Waals surface area contributed by atoms with E-state index in [0.717, 1.165) is 40.9 Å². The molecule has 0 bridgehead atoms. The Morgan fingerprint density at radius 1 is 0.949 bits per heavy atom. The molecule has 3 aromatic carbocycles. The van der Waals surface area contributed by atoms with Crippen molar-refractivity contribution in [2.75, 3.05) is 23.3 Å². The predicted molar refractivity (Wildman–Crippen MR) is 151 cm³/mol. The number of aromatic nitrogens is 2. The van der Waals surface area contributed by atoms with Crippen LogP contribution < -0.4 is 10.2 Å². The highest BCUT2D eigenvalue weighted by Crippen LogP contribution is 2.45. The fraction of sp³-hybridized carbons (Fsp3) is 0.258. The van der Waals surface area contributed by atoms with Crippen LogP contribution in [0.25, 0.3) is 11.3 Å². The van der Waals surface area contributed by atoms with Gasteiger partial charge in [0, 0.05) is 35.9 Å². The van der Waals surface area contributed by atoms with Gasteiger partial charge in [0.25, 0.3) is 0 Å². The maximum absolute atomic E-state index is 12.8. The largest absolute Gasteiger partial charge is 0.465 e. The number of amides is 3. The highest BCUT2D eigenvalue weighted by atomic mass is 16.4. The minimum absolute atomic E-state index is 0.120. The second-order valence-electron chi connectivity index (χ2n) is 10.2. The molecular weight excluding hydrogens is 490 g/mol. The Morgan fingerprint density at radius 2 is 1.62 bits per heavy atom. The zero-order valence-corrected chi connectivity index (χ0v) is 21.8. The van der Waals surface area contributed by atoms with Gasteiger partial charge in [0.1, 0.15) is 0 Å². The van der Waals surface area contributed by atoms with Crippen LogP contribution in [0.1, 0.15) is 36.9 Å². The number of rotatable bonds is 5. The highest BCUT2D eigenvalue weighted by Gasteiger charge is 2.36. The Balaban J connectivity index is 1.24. The molecule has 2 atom stereocenters. The topological polar surface area (TPSA) is 90.7 Å². The molecule has 3 amide bonds. The van der Waals surface area contributed by atoms with E-state index >= 15 is 0 Å². The van der Waals surface area contributed by atoms with E-state index in [1.165, 1.54) is 4.90 Å². The summed E-state index contributed by atoms with van der Waals surface area (Å²) in [6.45, 7) is 3.15. The fourth-order valence-electron chi connectivity index (χ4n) is 6.11. The van der Waals surface area contributed by atoms with Gasteiger partial charge < -0.3 is 19.9 Å². The first-order chi connectivity index (χ1) is 19.0. The number of carboxylic acid groups (broad SMARTS) is 1. The summed E-state index contributed by atoms with van der Waals surface area (Å²) in [5.41, 5.74) is 5.66. The first kappa shape index (κ1) is 24.7. The fourth-order valence-corrected chi connectivity index (χ4v) is 6.11. The van der Waals surface area contributed by atoms with Crippen molar-refractivity contribution in [3.8, 4) is 11.3 Å². The average Bonchev–Trinajstić information content (AvgIpc) is 3.55. The number of para-hydroxylation sites is 2. The van der Waals surface area contributed by atoms with E-state index in [1.54, 1.807) is 0 Å². The molecule has 8 heteroatoms. The summed E-state index contributed by atoms with van der Waals surface area (Å²) < 4.78 is 2.12. The maximum atomic E-state index is 12.8.